The second-order valence-corrected chi connectivity index (χ2v) is 4.86. The molecule has 0 radical (unpaired) electrons. The summed E-state index contributed by atoms with van der Waals surface area (Å²) in [6, 6.07) is 16.2. The van der Waals surface area contributed by atoms with Crippen molar-refractivity contribution in [2.24, 2.45) is 0 Å². The molecular formula is C17H21NO. The molecule has 2 rings (SSSR count). The monoisotopic (exact) mass is 255 g/mol. The van der Waals surface area contributed by atoms with Crippen LogP contribution in [0.15, 0.2) is 48.5 Å². The van der Waals surface area contributed by atoms with E-state index < -0.39 is 0 Å². The normalized spacial score (nSPS) is 12.2. The van der Waals surface area contributed by atoms with Gasteiger partial charge in [-0.15, -0.1) is 0 Å². The van der Waals surface area contributed by atoms with Gasteiger partial charge in [-0.1, -0.05) is 35.9 Å². The first-order chi connectivity index (χ1) is 9.13. The fourth-order valence-electron chi connectivity index (χ4n) is 2.42. The van der Waals surface area contributed by atoms with E-state index >= 15 is 0 Å². The van der Waals surface area contributed by atoms with Gasteiger partial charge in [-0.2, -0.15) is 0 Å². The van der Waals surface area contributed by atoms with Gasteiger partial charge in [-0.3, -0.25) is 0 Å². The maximum absolute atomic E-state index is 9.99. The largest absolute Gasteiger partial charge is 0.508 e. The first kappa shape index (κ1) is 13.5. The van der Waals surface area contributed by atoms with Crippen molar-refractivity contribution in [3.05, 3.63) is 59.7 Å². The number of benzene rings is 2. The molecule has 2 nitrogen and oxygen atoms in total. The van der Waals surface area contributed by atoms with E-state index in [9.17, 15) is 5.11 Å². The van der Waals surface area contributed by atoms with Gasteiger partial charge in [0.25, 0.3) is 0 Å². The van der Waals surface area contributed by atoms with Crippen molar-refractivity contribution < 1.29 is 5.11 Å². The fourth-order valence-corrected chi connectivity index (χ4v) is 2.42. The molecule has 1 N–H and O–H groups in total. The third-order valence-electron chi connectivity index (χ3n) is 3.56. The third-order valence-corrected chi connectivity index (χ3v) is 3.56. The molecular weight excluding hydrogens is 234 g/mol. The molecule has 0 spiro atoms. The summed E-state index contributed by atoms with van der Waals surface area (Å²) in [4.78, 5) is 2.29. The van der Waals surface area contributed by atoms with Crippen molar-refractivity contribution in [1.29, 1.82) is 0 Å². The number of hydrogen-bond donors (Lipinski definition) is 1. The highest BCUT2D eigenvalue weighted by Crippen LogP contribution is 2.31. The Balaban J connectivity index is 2.32. The van der Waals surface area contributed by atoms with E-state index in [1.807, 2.05) is 18.2 Å². The standard InChI is InChI=1S/C17H21NO/c1-4-18(15-11-9-13(2)10-12-15)14(3)16-7-5-6-8-17(16)19/h5-12,14,19H,4H2,1-3H3. The average Bonchev–Trinajstić information content (AvgIpc) is 2.42. The van der Waals surface area contributed by atoms with Crippen LogP contribution >= 0.6 is 0 Å². The second-order valence-electron chi connectivity index (χ2n) is 4.86. The summed E-state index contributed by atoms with van der Waals surface area (Å²) < 4.78 is 0. The lowest BCUT2D eigenvalue weighted by Crippen LogP contribution is -2.26. The van der Waals surface area contributed by atoms with E-state index in [-0.39, 0.29) is 6.04 Å². The number of aryl methyl sites for hydroxylation is 1. The highest BCUT2D eigenvalue weighted by atomic mass is 16.3. The Morgan fingerprint density at radius 1 is 1.05 bits per heavy atom. The SMILES string of the molecule is CCN(c1ccc(C)cc1)C(C)c1ccccc1O. The first-order valence-electron chi connectivity index (χ1n) is 6.74. The van der Waals surface area contributed by atoms with Gasteiger partial charge in [0, 0.05) is 17.8 Å². The summed E-state index contributed by atoms with van der Waals surface area (Å²) in [6.07, 6.45) is 0. The number of rotatable bonds is 4. The van der Waals surface area contributed by atoms with E-state index in [1.165, 1.54) is 11.3 Å². The van der Waals surface area contributed by atoms with Crippen molar-refractivity contribution in [3.63, 3.8) is 0 Å². The molecule has 0 aliphatic rings. The Bertz CT molecular complexity index is 533. The van der Waals surface area contributed by atoms with Crippen LogP contribution in [0.25, 0.3) is 0 Å². The molecule has 0 fully saturated rings. The fraction of sp³-hybridized carbons (Fsp3) is 0.294. The number of phenolic OH excluding ortho intramolecular Hbond substituents is 1. The lowest BCUT2D eigenvalue weighted by molar-refractivity contribution is 0.461. The highest BCUT2D eigenvalue weighted by molar-refractivity contribution is 5.51. The first-order valence-corrected chi connectivity index (χ1v) is 6.74. The van der Waals surface area contributed by atoms with Crippen LogP contribution in [0, 0.1) is 6.92 Å². The topological polar surface area (TPSA) is 23.5 Å². The summed E-state index contributed by atoms with van der Waals surface area (Å²) >= 11 is 0. The third kappa shape index (κ3) is 2.90. The Kier molecular flexibility index (Phi) is 4.10. The molecule has 0 bridgehead atoms. The number of anilines is 1. The molecule has 19 heavy (non-hydrogen) atoms. The van der Waals surface area contributed by atoms with Crippen molar-refractivity contribution in [2.45, 2.75) is 26.8 Å². The molecule has 2 aromatic rings. The van der Waals surface area contributed by atoms with Gasteiger partial charge < -0.3 is 10.0 Å². The summed E-state index contributed by atoms with van der Waals surface area (Å²) in [5.41, 5.74) is 3.41. The number of aromatic hydroxyl groups is 1. The van der Waals surface area contributed by atoms with Gasteiger partial charge in [0.2, 0.25) is 0 Å². The molecule has 2 aromatic carbocycles. The van der Waals surface area contributed by atoms with Crippen molar-refractivity contribution >= 4 is 5.69 Å². The van der Waals surface area contributed by atoms with E-state index in [4.69, 9.17) is 0 Å². The Hall–Kier alpha value is -1.96. The predicted molar refractivity (Wildman–Crippen MR) is 80.7 cm³/mol. The van der Waals surface area contributed by atoms with Crippen LogP contribution < -0.4 is 4.90 Å². The van der Waals surface area contributed by atoms with Gasteiger partial charge in [0.15, 0.2) is 0 Å². The molecule has 0 aliphatic carbocycles. The van der Waals surface area contributed by atoms with Crippen LogP contribution in [-0.2, 0) is 0 Å². The van der Waals surface area contributed by atoms with Crippen LogP contribution in [0.3, 0.4) is 0 Å². The van der Waals surface area contributed by atoms with Gasteiger partial charge >= 0.3 is 0 Å². The zero-order valence-corrected chi connectivity index (χ0v) is 11.8. The number of phenols is 1. The quantitative estimate of drug-likeness (QED) is 0.881. The number of nitrogens with zero attached hydrogens (tertiary/aromatic N) is 1. The Morgan fingerprint density at radius 2 is 1.68 bits per heavy atom. The minimum atomic E-state index is 0.147. The zero-order chi connectivity index (χ0) is 13.8. The lowest BCUT2D eigenvalue weighted by atomic mass is 10.0. The van der Waals surface area contributed by atoms with E-state index in [0.717, 1.165) is 12.1 Å². The van der Waals surface area contributed by atoms with Crippen molar-refractivity contribution in [3.8, 4) is 5.75 Å². The van der Waals surface area contributed by atoms with Crippen LogP contribution in [0.4, 0.5) is 5.69 Å². The predicted octanol–water partition coefficient (Wildman–Crippen LogP) is 4.29. The minimum absolute atomic E-state index is 0.147. The molecule has 1 atom stereocenters. The molecule has 100 valence electrons. The van der Waals surface area contributed by atoms with Crippen LogP contribution in [0.5, 0.6) is 5.75 Å². The Morgan fingerprint density at radius 3 is 2.26 bits per heavy atom. The maximum Gasteiger partial charge on any atom is 0.120 e. The Labute approximate surface area is 115 Å². The molecule has 0 amide bonds. The summed E-state index contributed by atoms with van der Waals surface area (Å²) in [7, 11) is 0. The molecule has 0 saturated heterocycles. The molecule has 0 heterocycles. The van der Waals surface area contributed by atoms with Gasteiger partial charge in [0.1, 0.15) is 5.75 Å². The zero-order valence-electron chi connectivity index (χ0n) is 11.8. The summed E-state index contributed by atoms with van der Waals surface area (Å²) in [5.74, 6) is 0.362. The van der Waals surface area contributed by atoms with Gasteiger partial charge in [0.05, 0.1) is 6.04 Å². The van der Waals surface area contributed by atoms with Gasteiger partial charge in [-0.05, 0) is 39.0 Å². The molecule has 0 aliphatic heterocycles. The molecule has 0 saturated carbocycles. The minimum Gasteiger partial charge on any atom is -0.508 e. The van der Waals surface area contributed by atoms with Crippen LogP contribution in [0.1, 0.15) is 31.0 Å². The lowest BCUT2D eigenvalue weighted by Gasteiger charge is -2.31. The number of hydrogen-bond acceptors (Lipinski definition) is 2. The van der Waals surface area contributed by atoms with Crippen LogP contribution in [0.2, 0.25) is 0 Å². The molecule has 0 aromatic heterocycles. The van der Waals surface area contributed by atoms with E-state index in [0.29, 0.717) is 5.75 Å². The smallest absolute Gasteiger partial charge is 0.120 e. The van der Waals surface area contributed by atoms with E-state index in [2.05, 4.69) is 49.9 Å². The van der Waals surface area contributed by atoms with Crippen molar-refractivity contribution in [2.75, 3.05) is 11.4 Å². The van der Waals surface area contributed by atoms with E-state index in [1.54, 1.807) is 6.07 Å². The summed E-state index contributed by atoms with van der Waals surface area (Å²) in [6.45, 7) is 7.25. The van der Waals surface area contributed by atoms with Crippen LogP contribution in [-0.4, -0.2) is 11.7 Å². The molecule has 2 heteroatoms. The number of para-hydroxylation sites is 1. The van der Waals surface area contributed by atoms with Gasteiger partial charge in [-0.25, -0.2) is 0 Å². The second kappa shape index (κ2) is 5.79. The summed E-state index contributed by atoms with van der Waals surface area (Å²) in [5, 5.41) is 9.99. The highest BCUT2D eigenvalue weighted by Gasteiger charge is 2.17. The van der Waals surface area contributed by atoms with Crippen molar-refractivity contribution in [1.82, 2.24) is 0 Å². The molecule has 1 unspecified atom stereocenters. The maximum atomic E-state index is 9.99. The average molecular weight is 255 g/mol.